The van der Waals surface area contributed by atoms with Gasteiger partial charge in [0.1, 0.15) is 11.2 Å². The maximum absolute atomic E-state index is 13.6. The van der Waals surface area contributed by atoms with Crippen LogP contribution in [0, 0.1) is 11.2 Å². The van der Waals surface area contributed by atoms with Gasteiger partial charge in [0.05, 0.1) is 11.1 Å². The van der Waals surface area contributed by atoms with Crippen molar-refractivity contribution in [1.82, 2.24) is 4.90 Å². The number of carboxylic acids is 1. The molecule has 1 aliphatic heterocycles. The molecule has 0 aromatic heterocycles. The number of aliphatic carboxylic acids is 1. The molecule has 1 saturated heterocycles. The first kappa shape index (κ1) is 16.9. The second-order valence-corrected chi connectivity index (χ2v) is 6.33. The number of carbonyl (C=O) groups excluding carboxylic acids is 1. The minimum absolute atomic E-state index is 0.0425. The first-order valence-corrected chi connectivity index (χ1v) is 7.65. The lowest BCUT2D eigenvalue weighted by Crippen LogP contribution is -2.52. The van der Waals surface area contributed by atoms with Crippen LogP contribution in [0.3, 0.4) is 0 Å². The van der Waals surface area contributed by atoms with Gasteiger partial charge < -0.3 is 14.7 Å². The molecule has 0 saturated carbocycles. The summed E-state index contributed by atoms with van der Waals surface area (Å²) in [6.07, 6.45) is 1.02. The number of carboxylic acid groups (broad SMARTS) is 1. The molecule has 0 aliphatic carbocycles. The SMILES string of the molecule is COCC1(C(=O)O)CCCN(C(=O)c2ccc(Br)c(F)c2)C1. The van der Waals surface area contributed by atoms with Crippen molar-refractivity contribution >= 4 is 27.8 Å². The molecule has 1 unspecified atom stereocenters. The van der Waals surface area contributed by atoms with E-state index in [1.54, 1.807) is 0 Å². The highest BCUT2D eigenvalue weighted by atomic mass is 79.9. The maximum Gasteiger partial charge on any atom is 0.313 e. The van der Waals surface area contributed by atoms with E-state index in [4.69, 9.17) is 4.74 Å². The van der Waals surface area contributed by atoms with E-state index >= 15 is 0 Å². The monoisotopic (exact) mass is 373 g/mol. The quantitative estimate of drug-likeness (QED) is 0.880. The third kappa shape index (κ3) is 3.30. The van der Waals surface area contributed by atoms with Crippen molar-refractivity contribution < 1.29 is 23.8 Å². The van der Waals surface area contributed by atoms with Gasteiger partial charge in [-0.1, -0.05) is 0 Å². The van der Waals surface area contributed by atoms with Crippen LogP contribution in [0.5, 0.6) is 0 Å². The fourth-order valence-corrected chi connectivity index (χ4v) is 2.99. The first-order valence-electron chi connectivity index (χ1n) is 6.86. The molecule has 22 heavy (non-hydrogen) atoms. The molecule has 1 N–H and O–H groups in total. The molecule has 2 rings (SSSR count). The van der Waals surface area contributed by atoms with Crippen molar-refractivity contribution in [2.75, 3.05) is 26.8 Å². The largest absolute Gasteiger partial charge is 0.481 e. The van der Waals surface area contributed by atoms with E-state index in [1.165, 1.54) is 24.1 Å². The van der Waals surface area contributed by atoms with E-state index in [2.05, 4.69) is 15.9 Å². The van der Waals surface area contributed by atoms with Crippen molar-refractivity contribution in [3.63, 3.8) is 0 Å². The van der Waals surface area contributed by atoms with Gasteiger partial charge in [0.2, 0.25) is 0 Å². The molecule has 7 heteroatoms. The Balaban J connectivity index is 2.22. The Hall–Kier alpha value is -1.47. The third-order valence-electron chi connectivity index (χ3n) is 3.90. The summed E-state index contributed by atoms with van der Waals surface area (Å²) in [6, 6.07) is 4.13. The van der Waals surface area contributed by atoms with Gasteiger partial charge in [-0.25, -0.2) is 4.39 Å². The predicted octanol–water partition coefficient (Wildman–Crippen LogP) is 2.54. The predicted molar refractivity (Wildman–Crippen MR) is 81.2 cm³/mol. The number of rotatable bonds is 4. The molecule has 1 fully saturated rings. The number of likely N-dealkylation sites (tertiary alicyclic amines) is 1. The summed E-state index contributed by atoms with van der Waals surface area (Å²) < 4.78 is 18.9. The summed E-state index contributed by atoms with van der Waals surface area (Å²) in [7, 11) is 1.44. The van der Waals surface area contributed by atoms with Gasteiger partial charge in [-0.05, 0) is 47.0 Å². The van der Waals surface area contributed by atoms with Gasteiger partial charge in [0, 0.05) is 25.8 Å². The Morgan fingerprint density at radius 2 is 2.23 bits per heavy atom. The van der Waals surface area contributed by atoms with Crippen LogP contribution in [0.4, 0.5) is 4.39 Å². The van der Waals surface area contributed by atoms with Gasteiger partial charge >= 0.3 is 5.97 Å². The summed E-state index contributed by atoms with van der Waals surface area (Å²) in [5, 5.41) is 9.49. The van der Waals surface area contributed by atoms with Crippen molar-refractivity contribution in [2.24, 2.45) is 5.41 Å². The van der Waals surface area contributed by atoms with Crippen molar-refractivity contribution in [1.29, 1.82) is 0 Å². The van der Waals surface area contributed by atoms with Crippen LogP contribution in [-0.4, -0.2) is 48.7 Å². The molecule has 0 bridgehead atoms. The standard InChI is InChI=1S/C15H17BrFNO4/c1-22-9-15(14(20)21)5-2-6-18(8-15)13(19)10-3-4-11(16)12(17)7-10/h3-4,7H,2,5-6,8-9H2,1H3,(H,20,21). The Bertz CT molecular complexity index is 591. The zero-order valence-electron chi connectivity index (χ0n) is 12.1. The smallest absolute Gasteiger partial charge is 0.313 e. The van der Waals surface area contributed by atoms with E-state index in [9.17, 15) is 19.1 Å². The van der Waals surface area contributed by atoms with Crippen LogP contribution in [0.15, 0.2) is 22.7 Å². The molecule has 0 radical (unpaired) electrons. The van der Waals surface area contributed by atoms with E-state index in [-0.39, 0.29) is 29.1 Å². The number of benzene rings is 1. The molecule has 1 amide bonds. The second kappa shape index (κ2) is 6.75. The average Bonchev–Trinajstić information content (AvgIpc) is 2.49. The Labute approximate surface area is 136 Å². The van der Waals surface area contributed by atoms with E-state index in [0.717, 1.165) is 6.07 Å². The minimum Gasteiger partial charge on any atom is -0.481 e. The molecule has 1 aromatic rings. The number of nitrogens with zero attached hydrogens (tertiary/aromatic N) is 1. The zero-order chi connectivity index (χ0) is 16.3. The molecule has 1 aliphatic rings. The Kier molecular flexibility index (Phi) is 5.18. The Morgan fingerprint density at radius 3 is 2.82 bits per heavy atom. The van der Waals surface area contributed by atoms with Crippen LogP contribution in [-0.2, 0) is 9.53 Å². The van der Waals surface area contributed by atoms with E-state index in [0.29, 0.717) is 19.4 Å². The van der Waals surface area contributed by atoms with Crippen LogP contribution < -0.4 is 0 Å². The lowest BCUT2D eigenvalue weighted by Gasteiger charge is -2.39. The maximum atomic E-state index is 13.6. The van der Waals surface area contributed by atoms with E-state index in [1.807, 2.05) is 0 Å². The topological polar surface area (TPSA) is 66.8 Å². The summed E-state index contributed by atoms with van der Waals surface area (Å²) in [5.74, 6) is -1.87. The van der Waals surface area contributed by atoms with Gasteiger partial charge in [0.25, 0.3) is 5.91 Å². The van der Waals surface area contributed by atoms with Crippen molar-refractivity contribution in [3.05, 3.63) is 34.1 Å². The fraction of sp³-hybridized carbons (Fsp3) is 0.467. The highest BCUT2D eigenvalue weighted by Crippen LogP contribution is 2.31. The summed E-state index contributed by atoms with van der Waals surface area (Å²) in [5.41, 5.74) is -0.893. The first-order chi connectivity index (χ1) is 10.4. The van der Waals surface area contributed by atoms with Crippen LogP contribution in [0.1, 0.15) is 23.2 Å². The average molecular weight is 374 g/mol. The number of carbonyl (C=O) groups is 2. The highest BCUT2D eigenvalue weighted by molar-refractivity contribution is 9.10. The Morgan fingerprint density at radius 1 is 1.50 bits per heavy atom. The van der Waals surface area contributed by atoms with Crippen molar-refractivity contribution in [3.8, 4) is 0 Å². The number of hydrogen-bond donors (Lipinski definition) is 1. The minimum atomic E-state index is -1.10. The van der Waals surface area contributed by atoms with Crippen LogP contribution in [0.2, 0.25) is 0 Å². The molecule has 1 aromatic carbocycles. The molecular weight excluding hydrogens is 357 g/mol. The summed E-state index contributed by atoms with van der Waals surface area (Å²) in [6.45, 7) is 0.558. The van der Waals surface area contributed by atoms with Gasteiger partial charge in [-0.2, -0.15) is 0 Å². The van der Waals surface area contributed by atoms with Gasteiger partial charge in [-0.15, -0.1) is 0 Å². The number of halogens is 2. The zero-order valence-corrected chi connectivity index (χ0v) is 13.7. The third-order valence-corrected chi connectivity index (χ3v) is 4.55. The number of piperidine rings is 1. The van der Waals surface area contributed by atoms with Crippen LogP contribution in [0.25, 0.3) is 0 Å². The molecule has 5 nitrogen and oxygen atoms in total. The normalized spacial score (nSPS) is 21.7. The van der Waals surface area contributed by atoms with E-state index < -0.39 is 17.2 Å². The van der Waals surface area contributed by atoms with Crippen LogP contribution >= 0.6 is 15.9 Å². The molecule has 0 spiro atoms. The van der Waals surface area contributed by atoms with Gasteiger partial charge in [-0.3, -0.25) is 9.59 Å². The molecular formula is C15H17BrFNO4. The number of amides is 1. The molecule has 120 valence electrons. The second-order valence-electron chi connectivity index (χ2n) is 5.48. The molecule has 1 heterocycles. The lowest BCUT2D eigenvalue weighted by molar-refractivity contribution is -0.155. The van der Waals surface area contributed by atoms with Crippen molar-refractivity contribution in [2.45, 2.75) is 12.8 Å². The lowest BCUT2D eigenvalue weighted by atomic mass is 9.80. The highest BCUT2D eigenvalue weighted by Gasteiger charge is 2.44. The van der Waals surface area contributed by atoms with Gasteiger partial charge in [0.15, 0.2) is 0 Å². The fourth-order valence-electron chi connectivity index (χ4n) is 2.75. The number of ether oxygens (including phenoxy) is 1. The summed E-state index contributed by atoms with van der Waals surface area (Å²) in [4.78, 5) is 25.5. The number of methoxy groups -OCH3 is 1. The summed E-state index contributed by atoms with van der Waals surface area (Å²) >= 11 is 3.04. The molecule has 1 atom stereocenters. The number of hydrogen-bond acceptors (Lipinski definition) is 3.